The molecule has 0 fully saturated rings. The first kappa shape index (κ1) is 9.55. The van der Waals surface area contributed by atoms with E-state index in [0.29, 0.717) is 11.1 Å². The lowest BCUT2D eigenvalue weighted by atomic mass is 10.2. The van der Waals surface area contributed by atoms with Crippen molar-refractivity contribution in [1.29, 1.82) is 0 Å². The van der Waals surface area contributed by atoms with Gasteiger partial charge in [0.25, 0.3) is 0 Å². The van der Waals surface area contributed by atoms with Crippen molar-refractivity contribution in [2.45, 2.75) is 0 Å². The van der Waals surface area contributed by atoms with Crippen LogP contribution >= 0.6 is 22.7 Å². The van der Waals surface area contributed by atoms with E-state index in [2.05, 4.69) is 0 Å². The normalized spacial score (nSPS) is 12.7. The summed E-state index contributed by atoms with van der Waals surface area (Å²) in [6.07, 6.45) is 0. The van der Waals surface area contributed by atoms with E-state index >= 15 is 0 Å². The van der Waals surface area contributed by atoms with E-state index in [1.807, 2.05) is 0 Å². The third kappa shape index (κ3) is 1.76. The minimum absolute atomic E-state index is 0.304. The number of hydrogen-bond donors (Lipinski definition) is 0. The largest absolute Gasteiger partial charge is 0.203 e. The van der Waals surface area contributed by atoms with Crippen LogP contribution in [0.5, 0.6) is 0 Å². The molecule has 2 rings (SSSR count). The van der Waals surface area contributed by atoms with E-state index in [9.17, 15) is 8.78 Å². The van der Waals surface area contributed by atoms with Crippen molar-refractivity contribution in [2.75, 3.05) is 0 Å². The van der Waals surface area contributed by atoms with Gasteiger partial charge in [-0.25, -0.2) is 8.78 Å². The molecule has 2 aromatic heterocycles. The first-order chi connectivity index (χ1) is 6.79. The Kier molecular flexibility index (Phi) is 2.74. The molecule has 0 radical (unpaired) electrons. The Hall–Kier alpha value is -1.00. The highest BCUT2D eigenvalue weighted by Crippen LogP contribution is 2.30. The van der Waals surface area contributed by atoms with Gasteiger partial charge in [-0.2, -0.15) is 22.7 Å². The number of rotatable bonds is 2. The Balaban J connectivity index is 2.41. The highest BCUT2D eigenvalue weighted by molar-refractivity contribution is 7.08. The van der Waals surface area contributed by atoms with E-state index in [-0.39, 0.29) is 0 Å². The van der Waals surface area contributed by atoms with Crippen LogP contribution in [0, 0.1) is 0 Å². The topological polar surface area (TPSA) is 0 Å². The fourth-order valence-electron chi connectivity index (χ4n) is 1.03. The third-order valence-corrected chi connectivity index (χ3v) is 3.11. The van der Waals surface area contributed by atoms with Gasteiger partial charge in [0.1, 0.15) is 0 Å². The minimum atomic E-state index is -0.787. The zero-order valence-electron chi connectivity index (χ0n) is 7.04. The maximum absolute atomic E-state index is 13.4. The number of hydrogen-bond acceptors (Lipinski definition) is 2. The summed E-state index contributed by atoms with van der Waals surface area (Å²) < 4.78 is 26.9. The van der Waals surface area contributed by atoms with Gasteiger partial charge in [-0.15, -0.1) is 0 Å². The van der Waals surface area contributed by atoms with E-state index in [1.54, 1.807) is 33.7 Å². The molecule has 2 aromatic rings. The van der Waals surface area contributed by atoms with Crippen LogP contribution in [0.15, 0.2) is 33.7 Å². The SMILES string of the molecule is FC(=C(F)c1ccsc1)c1ccsc1. The average Bonchev–Trinajstić information content (AvgIpc) is 2.87. The molecule has 0 aromatic carbocycles. The van der Waals surface area contributed by atoms with Gasteiger partial charge in [0.2, 0.25) is 0 Å². The molecule has 0 atom stereocenters. The summed E-state index contributed by atoms with van der Waals surface area (Å²) in [4.78, 5) is 0. The molecule has 72 valence electrons. The second-order valence-corrected chi connectivity index (χ2v) is 4.21. The Morgan fingerprint density at radius 1 is 0.857 bits per heavy atom. The van der Waals surface area contributed by atoms with Crippen LogP contribution in [-0.2, 0) is 0 Å². The lowest BCUT2D eigenvalue weighted by Gasteiger charge is -1.95. The van der Waals surface area contributed by atoms with Gasteiger partial charge in [0.05, 0.1) is 0 Å². The van der Waals surface area contributed by atoms with Crippen molar-refractivity contribution < 1.29 is 8.78 Å². The molecular formula is C10H6F2S2. The second-order valence-electron chi connectivity index (χ2n) is 2.65. The van der Waals surface area contributed by atoms with Crippen LogP contribution in [0.1, 0.15) is 11.1 Å². The Morgan fingerprint density at radius 2 is 1.29 bits per heavy atom. The second kappa shape index (κ2) is 4.02. The molecule has 0 saturated heterocycles. The maximum Gasteiger partial charge on any atom is 0.167 e. The van der Waals surface area contributed by atoms with E-state index in [1.165, 1.54) is 22.7 Å². The Labute approximate surface area is 88.1 Å². The van der Waals surface area contributed by atoms with Gasteiger partial charge in [0, 0.05) is 21.9 Å². The van der Waals surface area contributed by atoms with Gasteiger partial charge in [0.15, 0.2) is 11.7 Å². The highest BCUT2D eigenvalue weighted by atomic mass is 32.1. The summed E-state index contributed by atoms with van der Waals surface area (Å²) >= 11 is 2.69. The third-order valence-electron chi connectivity index (χ3n) is 1.74. The summed E-state index contributed by atoms with van der Waals surface area (Å²) in [7, 11) is 0. The zero-order chi connectivity index (χ0) is 9.97. The van der Waals surface area contributed by atoms with Crippen LogP contribution in [0.2, 0.25) is 0 Å². The first-order valence-electron chi connectivity index (χ1n) is 3.89. The molecular weight excluding hydrogens is 222 g/mol. The summed E-state index contributed by atoms with van der Waals surface area (Å²) in [5, 5.41) is 6.61. The van der Waals surface area contributed by atoms with Crippen molar-refractivity contribution in [3.8, 4) is 0 Å². The molecule has 14 heavy (non-hydrogen) atoms. The predicted octanol–water partition coefficient (Wildman–Crippen LogP) is 4.57. The van der Waals surface area contributed by atoms with Crippen LogP contribution in [0.25, 0.3) is 11.7 Å². The van der Waals surface area contributed by atoms with Crippen LogP contribution in [0.4, 0.5) is 8.78 Å². The van der Waals surface area contributed by atoms with Gasteiger partial charge < -0.3 is 0 Å². The van der Waals surface area contributed by atoms with Crippen LogP contribution < -0.4 is 0 Å². The Morgan fingerprint density at radius 3 is 1.57 bits per heavy atom. The molecule has 0 saturated carbocycles. The van der Waals surface area contributed by atoms with Gasteiger partial charge >= 0.3 is 0 Å². The molecule has 0 spiro atoms. The summed E-state index contributed by atoms with van der Waals surface area (Å²) in [5.41, 5.74) is 0.609. The van der Waals surface area contributed by atoms with Gasteiger partial charge in [-0.05, 0) is 22.9 Å². The van der Waals surface area contributed by atoms with Gasteiger partial charge in [-0.3, -0.25) is 0 Å². The lowest BCUT2D eigenvalue weighted by molar-refractivity contribution is 0.701. The smallest absolute Gasteiger partial charge is 0.167 e. The van der Waals surface area contributed by atoms with E-state index in [0.717, 1.165) is 0 Å². The van der Waals surface area contributed by atoms with Crippen molar-refractivity contribution in [3.05, 3.63) is 44.8 Å². The fourth-order valence-corrected chi connectivity index (χ4v) is 2.30. The van der Waals surface area contributed by atoms with Crippen molar-refractivity contribution in [3.63, 3.8) is 0 Å². The van der Waals surface area contributed by atoms with Crippen molar-refractivity contribution in [2.24, 2.45) is 0 Å². The van der Waals surface area contributed by atoms with Crippen molar-refractivity contribution in [1.82, 2.24) is 0 Å². The number of halogens is 2. The fraction of sp³-hybridized carbons (Fsp3) is 0. The summed E-state index contributed by atoms with van der Waals surface area (Å²) in [5.74, 6) is -1.57. The molecule has 4 heteroatoms. The predicted molar refractivity (Wildman–Crippen MR) is 57.7 cm³/mol. The number of thiophene rings is 2. The quantitative estimate of drug-likeness (QED) is 0.706. The lowest BCUT2D eigenvalue weighted by Crippen LogP contribution is -1.78. The minimum Gasteiger partial charge on any atom is -0.203 e. The van der Waals surface area contributed by atoms with Crippen LogP contribution in [0.3, 0.4) is 0 Å². The molecule has 0 bridgehead atoms. The maximum atomic E-state index is 13.4. The molecule has 0 unspecified atom stereocenters. The monoisotopic (exact) mass is 228 g/mol. The first-order valence-corrected chi connectivity index (χ1v) is 5.78. The Bertz CT molecular complexity index is 384. The van der Waals surface area contributed by atoms with Crippen LogP contribution in [-0.4, -0.2) is 0 Å². The molecule has 0 amide bonds. The average molecular weight is 228 g/mol. The molecule has 0 aliphatic rings. The molecule has 2 heterocycles. The molecule has 0 nitrogen and oxygen atoms in total. The molecule has 0 aliphatic carbocycles. The summed E-state index contributed by atoms with van der Waals surface area (Å²) in [6, 6.07) is 3.12. The van der Waals surface area contributed by atoms with Crippen molar-refractivity contribution >= 4 is 34.3 Å². The molecule has 0 N–H and O–H groups in total. The molecule has 0 aliphatic heterocycles. The van der Waals surface area contributed by atoms with E-state index in [4.69, 9.17) is 0 Å². The van der Waals surface area contributed by atoms with Gasteiger partial charge in [-0.1, -0.05) is 0 Å². The summed E-state index contributed by atoms with van der Waals surface area (Å²) in [6.45, 7) is 0. The zero-order valence-corrected chi connectivity index (χ0v) is 8.67. The highest BCUT2D eigenvalue weighted by Gasteiger charge is 2.11. The standard InChI is InChI=1S/C10H6F2S2/c11-9(7-1-3-13-5-7)10(12)8-2-4-14-6-8/h1-6H. The van der Waals surface area contributed by atoms with E-state index < -0.39 is 11.7 Å².